The zero-order valence-electron chi connectivity index (χ0n) is 13.1. The zero-order chi connectivity index (χ0) is 15.3. The topological polar surface area (TPSA) is 70.4 Å². The number of nitrogens with one attached hydrogen (secondary N) is 1. The minimum absolute atomic E-state index is 0.0298. The number of carbonyl (C=O) groups excluding carboxylic acids is 1. The molecular weight excluding hydrogens is 256 g/mol. The van der Waals surface area contributed by atoms with E-state index in [4.69, 9.17) is 5.11 Å². The van der Waals surface area contributed by atoms with Crippen molar-refractivity contribution in [1.29, 1.82) is 0 Å². The van der Waals surface area contributed by atoms with Crippen LogP contribution >= 0.6 is 0 Å². The van der Waals surface area contributed by atoms with Gasteiger partial charge in [-0.2, -0.15) is 5.10 Å². The van der Waals surface area contributed by atoms with Gasteiger partial charge in [-0.25, -0.2) is 4.79 Å². The van der Waals surface area contributed by atoms with Crippen molar-refractivity contribution in [3.05, 3.63) is 17.0 Å². The number of likely N-dealkylation sites (N-methyl/N-ethyl adjacent to an activating group) is 1. The van der Waals surface area contributed by atoms with Gasteiger partial charge in [-0.3, -0.25) is 4.68 Å². The van der Waals surface area contributed by atoms with E-state index in [9.17, 15) is 4.79 Å². The average molecular weight is 282 g/mol. The first-order valence-electron chi connectivity index (χ1n) is 6.99. The van der Waals surface area contributed by atoms with Crippen LogP contribution < -0.4 is 5.32 Å². The van der Waals surface area contributed by atoms with E-state index in [2.05, 4.69) is 17.3 Å². The third kappa shape index (κ3) is 3.96. The summed E-state index contributed by atoms with van der Waals surface area (Å²) >= 11 is 0. The number of amides is 2. The van der Waals surface area contributed by atoms with Gasteiger partial charge in [-0.15, -0.1) is 0 Å². The molecule has 6 nitrogen and oxygen atoms in total. The molecular formula is C14H26N4O2. The first kappa shape index (κ1) is 16.5. The van der Waals surface area contributed by atoms with Gasteiger partial charge in [0, 0.05) is 26.3 Å². The molecule has 1 atom stereocenters. The summed E-state index contributed by atoms with van der Waals surface area (Å²) in [5.74, 6) is 0. The van der Waals surface area contributed by atoms with Crippen LogP contribution in [-0.2, 0) is 13.5 Å². The summed E-state index contributed by atoms with van der Waals surface area (Å²) in [6.45, 7) is 6.47. The summed E-state index contributed by atoms with van der Waals surface area (Å²) in [5.41, 5.74) is 3.50. The number of urea groups is 1. The highest BCUT2D eigenvalue weighted by molar-refractivity contribution is 5.74. The number of nitrogens with zero attached hydrogens (tertiary/aromatic N) is 3. The van der Waals surface area contributed by atoms with Gasteiger partial charge in [0.15, 0.2) is 0 Å². The number of aliphatic hydroxyl groups excluding tert-OH is 1. The summed E-state index contributed by atoms with van der Waals surface area (Å²) in [6.07, 6.45) is 1.78. The van der Waals surface area contributed by atoms with E-state index < -0.39 is 0 Å². The number of aryl methyl sites for hydroxylation is 2. The van der Waals surface area contributed by atoms with Crippen LogP contribution in [-0.4, -0.2) is 52.1 Å². The third-order valence-electron chi connectivity index (χ3n) is 3.78. The van der Waals surface area contributed by atoms with Crippen molar-refractivity contribution in [2.24, 2.45) is 7.05 Å². The van der Waals surface area contributed by atoms with Crippen LogP contribution in [0, 0.1) is 13.8 Å². The van der Waals surface area contributed by atoms with Gasteiger partial charge in [0.25, 0.3) is 0 Å². The molecule has 0 aliphatic heterocycles. The molecule has 0 bridgehead atoms. The molecule has 2 N–H and O–H groups in total. The SMILES string of the molecule is Cc1nn(C)c(C)c1CCCNC(=O)N(C)C(C)CO. The van der Waals surface area contributed by atoms with E-state index in [-0.39, 0.29) is 18.7 Å². The van der Waals surface area contributed by atoms with Crippen LogP contribution in [0.1, 0.15) is 30.3 Å². The van der Waals surface area contributed by atoms with Gasteiger partial charge in [0.05, 0.1) is 18.3 Å². The van der Waals surface area contributed by atoms with Crippen molar-refractivity contribution in [3.63, 3.8) is 0 Å². The van der Waals surface area contributed by atoms with Crippen LogP contribution in [0.4, 0.5) is 4.79 Å². The highest BCUT2D eigenvalue weighted by atomic mass is 16.3. The number of hydrogen-bond acceptors (Lipinski definition) is 3. The number of aromatic nitrogens is 2. The molecule has 1 aromatic heterocycles. The van der Waals surface area contributed by atoms with Crippen molar-refractivity contribution in [3.8, 4) is 0 Å². The molecule has 0 aliphatic carbocycles. The molecule has 0 saturated carbocycles. The quantitative estimate of drug-likeness (QED) is 0.765. The Morgan fingerprint density at radius 3 is 2.65 bits per heavy atom. The predicted molar refractivity (Wildman–Crippen MR) is 78.7 cm³/mol. The van der Waals surface area contributed by atoms with Gasteiger partial charge in [0.1, 0.15) is 0 Å². The van der Waals surface area contributed by atoms with Crippen LogP contribution in [0.15, 0.2) is 0 Å². The van der Waals surface area contributed by atoms with E-state index in [0.29, 0.717) is 6.54 Å². The molecule has 0 saturated heterocycles. The predicted octanol–water partition coefficient (Wildman–Crippen LogP) is 0.992. The first-order valence-corrected chi connectivity index (χ1v) is 6.99. The molecule has 20 heavy (non-hydrogen) atoms. The van der Waals surface area contributed by atoms with Gasteiger partial charge in [0.2, 0.25) is 0 Å². The van der Waals surface area contributed by atoms with Crippen molar-refractivity contribution in [2.75, 3.05) is 20.2 Å². The molecule has 1 unspecified atom stereocenters. The molecule has 1 aromatic rings. The maximum absolute atomic E-state index is 11.8. The molecule has 0 aromatic carbocycles. The van der Waals surface area contributed by atoms with Gasteiger partial charge in [-0.1, -0.05) is 0 Å². The summed E-state index contributed by atoms with van der Waals surface area (Å²) in [6, 6.07) is -0.316. The smallest absolute Gasteiger partial charge is 0.317 e. The van der Waals surface area contributed by atoms with Crippen LogP contribution in [0.2, 0.25) is 0 Å². The van der Waals surface area contributed by atoms with E-state index in [1.54, 1.807) is 7.05 Å². The highest BCUT2D eigenvalue weighted by Gasteiger charge is 2.14. The van der Waals surface area contributed by atoms with E-state index in [0.717, 1.165) is 18.5 Å². The fourth-order valence-corrected chi connectivity index (χ4v) is 2.09. The monoisotopic (exact) mass is 282 g/mol. The van der Waals surface area contributed by atoms with Crippen molar-refractivity contribution in [2.45, 2.75) is 39.7 Å². The maximum Gasteiger partial charge on any atom is 0.317 e. The third-order valence-corrected chi connectivity index (χ3v) is 3.78. The summed E-state index contributed by atoms with van der Waals surface area (Å²) in [4.78, 5) is 13.3. The number of rotatable bonds is 6. The standard InChI is InChI=1S/C14H26N4O2/c1-10(9-19)17(4)14(20)15-8-6-7-13-11(2)16-18(5)12(13)3/h10,19H,6-9H2,1-5H3,(H,15,20). The molecule has 0 spiro atoms. The van der Waals surface area contributed by atoms with E-state index >= 15 is 0 Å². The Balaban J connectivity index is 2.37. The van der Waals surface area contributed by atoms with Crippen LogP contribution in [0.5, 0.6) is 0 Å². The molecule has 1 rings (SSSR count). The normalized spacial score (nSPS) is 12.3. The van der Waals surface area contributed by atoms with Crippen molar-refractivity contribution < 1.29 is 9.90 Å². The fraction of sp³-hybridized carbons (Fsp3) is 0.714. The Morgan fingerprint density at radius 1 is 1.50 bits per heavy atom. The Labute approximate surface area is 120 Å². The van der Waals surface area contributed by atoms with E-state index in [1.165, 1.54) is 16.2 Å². The highest BCUT2D eigenvalue weighted by Crippen LogP contribution is 2.13. The number of carbonyl (C=O) groups is 1. The second kappa shape index (κ2) is 7.28. The summed E-state index contributed by atoms with van der Waals surface area (Å²) < 4.78 is 1.89. The second-order valence-electron chi connectivity index (χ2n) is 5.25. The molecule has 114 valence electrons. The lowest BCUT2D eigenvalue weighted by Gasteiger charge is -2.23. The lowest BCUT2D eigenvalue weighted by atomic mass is 10.1. The minimum atomic E-state index is -0.169. The Bertz CT molecular complexity index is 456. The molecule has 0 aliphatic rings. The molecule has 0 radical (unpaired) electrons. The Kier molecular flexibility index (Phi) is 6.01. The summed E-state index contributed by atoms with van der Waals surface area (Å²) in [5, 5.41) is 16.2. The molecule has 0 fully saturated rings. The lowest BCUT2D eigenvalue weighted by molar-refractivity contribution is 0.157. The van der Waals surface area contributed by atoms with Crippen LogP contribution in [0.25, 0.3) is 0 Å². The Hall–Kier alpha value is -1.56. The Morgan fingerprint density at radius 2 is 2.15 bits per heavy atom. The lowest BCUT2D eigenvalue weighted by Crippen LogP contribution is -2.44. The second-order valence-corrected chi connectivity index (χ2v) is 5.25. The molecule has 1 heterocycles. The van der Waals surface area contributed by atoms with Gasteiger partial charge in [-0.05, 0) is 39.2 Å². The largest absolute Gasteiger partial charge is 0.394 e. The summed E-state index contributed by atoms with van der Waals surface area (Å²) in [7, 11) is 3.63. The fourth-order valence-electron chi connectivity index (χ4n) is 2.09. The number of hydrogen-bond donors (Lipinski definition) is 2. The molecule has 6 heteroatoms. The van der Waals surface area contributed by atoms with E-state index in [1.807, 2.05) is 25.6 Å². The zero-order valence-corrected chi connectivity index (χ0v) is 13.1. The van der Waals surface area contributed by atoms with Crippen molar-refractivity contribution >= 4 is 6.03 Å². The van der Waals surface area contributed by atoms with Crippen molar-refractivity contribution in [1.82, 2.24) is 20.0 Å². The van der Waals surface area contributed by atoms with Gasteiger partial charge >= 0.3 is 6.03 Å². The number of aliphatic hydroxyl groups is 1. The van der Waals surface area contributed by atoms with Crippen LogP contribution in [0.3, 0.4) is 0 Å². The average Bonchev–Trinajstić information content (AvgIpc) is 2.67. The first-order chi connectivity index (χ1) is 9.38. The van der Waals surface area contributed by atoms with Gasteiger partial charge < -0.3 is 15.3 Å². The minimum Gasteiger partial charge on any atom is -0.394 e. The molecule has 2 amide bonds. The maximum atomic E-state index is 11.8.